The van der Waals surface area contributed by atoms with Gasteiger partial charge in [0.15, 0.2) is 0 Å². The zero-order chi connectivity index (χ0) is 8.10. The summed E-state index contributed by atoms with van der Waals surface area (Å²) in [6.07, 6.45) is 1.25. The SMILES string of the molecule is CC(CN)N1CCCNCC1. The molecule has 0 aromatic rings. The zero-order valence-electron chi connectivity index (χ0n) is 7.34. The Morgan fingerprint density at radius 2 is 2.27 bits per heavy atom. The van der Waals surface area contributed by atoms with Crippen molar-refractivity contribution in [2.45, 2.75) is 19.4 Å². The fraction of sp³-hybridized carbons (Fsp3) is 1.00. The van der Waals surface area contributed by atoms with Gasteiger partial charge in [0.05, 0.1) is 0 Å². The van der Waals surface area contributed by atoms with Crippen molar-refractivity contribution in [2.75, 3.05) is 32.7 Å². The summed E-state index contributed by atoms with van der Waals surface area (Å²) >= 11 is 0. The summed E-state index contributed by atoms with van der Waals surface area (Å²) in [7, 11) is 0. The first-order chi connectivity index (χ1) is 5.34. The Morgan fingerprint density at radius 3 is 3.00 bits per heavy atom. The summed E-state index contributed by atoms with van der Waals surface area (Å²) in [6.45, 7) is 7.60. The molecule has 3 N–H and O–H groups in total. The fourth-order valence-electron chi connectivity index (χ4n) is 1.46. The summed E-state index contributed by atoms with van der Waals surface area (Å²) in [6, 6.07) is 0.551. The Balaban J connectivity index is 2.30. The molecule has 1 fully saturated rings. The molecule has 1 heterocycles. The van der Waals surface area contributed by atoms with Gasteiger partial charge in [-0.25, -0.2) is 0 Å². The van der Waals surface area contributed by atoms with E-state index in [1.54, 1.807) is 0 Å². The van der Waals surface area contributed by atoms with Crippen LogP contribution in [0.15, 0.2) is 0 Å². The second-order valence-electron chi connectivity index (χ2n) is 3.22. The van der Waals surface area contributed by atoms with E-state index in [1.165, 1.54) is 13.0 Å². The molecule has 0 aromatic carbocycles. The van der Waals surface area contributed by atoms with Gasteiger partial charge in [-0.3, -0.25) is 4.90 Å². The lowest BCUT2D eigenvalue weighted by atomic mass is 10.2. The molecule has 0 aliphatic carbocycles. The second-order valence-corrected chi connectivity index (χ2v) is 3.22. The first-order valence-corrected chi connectivity index (χ1v) is 4.49. The van der Waals surface area contributed by atoms with Crippen molar-refractivity contribution >= 4 is 0 Å². The van der Waals surface area contributed by atoms with Crippen LogP contribution in [0.2, 0.25) is 0 Å². The molecule has 1 unspecified atom stereocenters. The Labute approximate surface area is 68.9 Å². The molecule has 1 rings (SSSR count). The molecular formula is C8H19N3. The molecule has 11 heavy (non-hydrogen) atoms. The molecule has 0 spiro atoms. The average molecular weight is 157 g/mol. The van der Waals surface area contributed by atoms with Crippen LogP contribution in [-0.2, 0) is 0 Å². The average Bonchev–Trinajstić information content (AvgIpc) is 2.30. The molecule has 1 aliphatic heterocycles. The molecule has 1 atom stereocenters. The predicted octanol–water partition coefficient (Wildman–Crippen LogP) is -0.371. The normalized spacial score (nSPS) is 24.5. The van der Waals surface area contributed by atoms with Crippen LogP contribution in [0.4, 0.5) is 0 Å². The van der Waals surface area contributed by atoms with Crippen molar-refractivity contribution in [1.29, 1.82) is 0 Å². The molecule has 0 bridgehead atoms. The van der Waals surface area contributed by atoms with Crippen LogP contribution >= 0.6 is 0 Å². The largest absolute Gasteiger partial charge is 0.329 e. The molecule has 3 heteroatoms. The highest BCUT2D eigenvalue weighted by molar-refractivity contribution is 4.71. The van der Waals surface area contributed by atoms with Crippen LogP contribution in [0.5, 0.6) is 0 Å². The smallest absolute Gasteiger partial charge is 0.0190 e. The lowest BCUT2D eigenvalue weighted by Crippen LogP contribution is -2.40. The number of hydrogen-bond donors (Lipinski definition) is 2. The summed E-state index contributed by atoms with van der Waals surface area (Å²) in [5.41, 5.74) is 5.59. The fourth-order valence-corrected chi connectivity index (χ4v) is 1.46. The quantitative estimate of drug-likeness (QED) is 0.574. The topological polar surface area (TPSA) is 41.3 Å². The maximum Gasteiger partial charge on any atom is 0.0190 e. The van der Waals surface area contributed by atoms with Gasteiger partial charge in [0.2, 0.25) is 0 Å². The van der Waals surface area contributed by atoms with Gasteiger partial charge in [0.1, 0.15) is 0 Å². The number of nitrogens with one attached hydrogen (secondary N) is 1. The van der Waals surface area contributed by atoms with Crippen LogP contribution in [-0.4, -0.2) is 43.7 Å². The highest BCUT2D eigenvalue weighted by Gasteiger charge is 2.12. The Kier molecular flexibility index (Phi) is 3.83. The third kappa shape index (κ3) is 2.77. The van der Waals surface area contributed by atoms with E-state index in [-0.39, 0.29) is 0 Å². The minimum absolute atomic E-state index is 0.551. The van der Waals surface area contributed by atoms with Crippen LogP contribution in [0.25, 0.3) is 0 Å². The van der Waals surface area contributed by atoms with E-state index in [9.17, 15) is 0 Å². The maximum absolute atomic E-state index is 5.59. The van der Waals surface area contributed by atoms with Gasteiger partial charge < -0.3 is 11.1 Å². The number of nitrogens with two attached hydrogens (primary N) is 1. The van der Waals surface area contributed by atoms with Crippen LogP contribution in [0.3, 0.4) is 0 Å². The molecule has 0 aromatic heterocycles. The Hall–Kier alpha value is -0.120. The summed E-state index contributed by atoms with van der Waals surface area (Å²) in [5, 5.41) is 3.37. The highest BCUT2D eigenvalue weighted by atomic mass is 15.2. The molecule has 66 valence electrons. The van der Waals surface area contributed by atoms with E-state index in [0.29, 0.717) is 6.04 Å². The highest BCUT2D eigenvalue weighted by Crippen LogP contribution is 2.00. The maximum atomic E-state index is 5.59. The van der Waals surface area contributed by atoms with Gasteiger partial charge in [-0.05, 0) is 26.4 Å². The van der Waals surface area contributed by atoms with Crippen LogP contribution in [0.1, 0.15) is 13.3 Å². The van der Waals surface area contributed by atoms with E-state index < -0.39 is 0 Å². The standard InChI is InChI=1S/C8H19N3/c1-8(7-9)11-5-2-3-10-4-6-11/h8,10H,2-7,9H2,1H3. The lowest BCUT2D eigenvalue weighted by Gasteiger charge is -2.25. The van der Waals surface area contributed by atoms with E-state index in [0.717, 1.165) is 26.2 Å². The minimum Gasteiger partial charge on any atom is -0.329 e. The summed E-state index contributed by atoms with van der Waals surface area (Å²) in [4.78, 5) is 2.46. The molecule has 1 aliphatic rings. The molecular weight excluding hydrogens is 138 g/mol. The third-order valence-corrected chi connectivity index (χ3v) is 2.34. The van der Waals surface area contributed by atoms with Crippen molar-refractivity contribution in [3.8, 4) is 0 Å². The van der Waals surface area contributed by atoms with Crippen molar-refractivity contribution in [1.82, 2.24) is 10.2 Å². The molecule has 0 radical (unpaired) electrons. The van der Waals surface area contributed by atoms with E-state index in [1.807, 2.05) is 0 Å². The molecule has 0 saturated carbocycles. The number of hydrogen-bond acceptors (Lipinski definition) is 3. The van der Waals surface area contributed by atoms with Gasteiger partial charge in [0.25, 0.3) is 0 Å². The molecule has 1 saturated heterocycles. The summed E-state index contributed by atoms with van der Waals surface area (Å²) in [5.74, 6) is 0. The summed E-state index contributed by atoms with van der Waals surface area (Å²) < 4.78 is 0. The van der Waals surface area contributed by atoms with E-state index >= 15 is 0 Å². The van der Waals surface area contributed by atoms with E-state index in [4.69, 9.17) is 5.73 Å². The van der Waals surface area contributed by atoms with Gasteiger partial charge in [-0.2, -0.15) is 0 Å². The second kappa shape index (κ2) is 4.70. The first-order valence-electron chi connectivity index (χ1n) is 4.49. The van der Waals surface area contributed by atoms with Crippen molar-refractivity contribution in [3.05, 3.63) is 0 Å². The third-order valence-electron chi connectivity index (χ3n) is 2.34. The monoisotopic (exact) mass is 157 g/mol. The lowest BCUT2D eigenvalue weighted by molar-refractivity contribution is 0.228. The molecule has 0 amide bonds. The minimum atomic E-state index is 0.551. The van der Waals surface area contributed by atoms with Gasteiger partial charge in [-0.1, -0.05) is 0 Å². The van der Waals surface area contributed by atoms with Gasteiger partial charge in [-0.15, -0.1) is 0 Å². The number of rotatable bonds is 2. The predicted molar refractivity (Wildman–Crippen MR) is 47.6 cm³/mol. The van der Waals surface area contributed by atoms with E-state index in [2.05, 4.69) is 17.1 Å². The van der Waals surface area contributed by atoms with Crippen molar-refractivity contribution in [2.24, 2.45) is 5.73 Å². The number of nitrogens with zero attached hydrogens (tertiary/aromatic N) is 1. The van der Waals surface area contributed by atoms with Crippen LogP contribution in [0, 0.1) is 0 Å². The zero-order valence-corrected chi connectivity index (χ0v) is 7.34. The van der Waals surface area contributed by atoms with Gasteiger partial charge in [0, 0.05) is 25.7 Å². The van der Waals surface area contributed by atoms with Crippen molar-refractivity contribution in [3.63, 3.8) is 0 Å². The van der Waals surface area contributed by atoms with Crippen molar-refractivity contribution < 1.29 is 0 Å². The molecule has 3 nitrogen and oxygen atoms in total. The van der Waals surface area contributed by atoms with Crippen LogP contribution < -0.4 is 11.1 Å². The van der Waals surface area contributed by atoms with Gasteiger partial charge >= 0.3 is 0 Å². The Morgan fingerprint density at radius 1 is 1.45 bits per heavy atom. The first kappa shape index (κ1) is 8.97. The Bertz CT molecular complexity index is 97.5.